The minimum atomic E-state index is -3.30. The lowest BCUT2D eigenvalue weighted by Crippen LogP contribution is -2.26. The van der Waals surface area contributed by atoms with Crippen LogP contribution >= 0.6 is 0 Å². The lowest BCUT2D eigenvalue weighted by Gasteiger charge is -2.14. The fourth-order valence-corrected chi connectivity index (χ4v) is 4.20. The summed E-state index contributed by atoms with van der Waals surface area (Å²) in [6.45, 7) is 0.0525. The summed E-state index contributed by atoms with van der Waals surface area (Å²) in [7, 11) is -3.30. The van der Waals surface area contributed by atoms with E-state index in [-0.39, 0.29) is 16.7 Å². The number of rotatable bonds is 2. The standard InChI is InChI=1S/C13H12N2O4S/c14-6-12-11-4-3-10(20(18,19)9-1-2-9)5-8(11)7-15(12)13(16)17/h3-5,9,12H,1-2,7H2,(H,16,17). The van der Waals surface area contributed by atoms with Crippen molar-refractivity contribution in [2.45, 2.75) is 35.6 Å². The van der Waals surface area contributed by atoms with Crippen molar-refractivity contribution in [1.82, 2.24) is 4.90 Å². The molecule has 0 spiro atoms. The van der Waals surface area contributed by atoms with Crippen molar-refractivity contribution < 1.29 is 18.3 Å². The van der Waals surface area contributed by atoms with Gasteiger partial charge < -0.3 is 5.11 Å². The summed E-state index contributed by atoms with van der Waals surface area (Å²) in [5.41, 5.74) is 1.17. The van der Waals surface area contributed by atoms with E-state index in [1.807, 2.05) is 6.07 Å². The van der Waals surface area contributed by atoms with Gasteiger partial charge in [-0.25, -0.2) is 13.2 Å². The van der Waals surface area contributed by atoms with Gasteiger partial charge in [0.15, 0.2) is 9.84 Å². The highest BCUT2D eigenvalue weighted by Gasteiger charge is 2.39. The molecule has 1 aliphatic carbocycles. The van der Waals surface area contributed by atoms with Gasteiger partial charge in [-0.05, 0) is 36.1 Å². The molecule has 104 valence electrons. The molecular weight excluding hydrogens is 280 g/mol. The zero-order chi connectivity index (χ0) is 14.5. The van der Waals surface area contributed by atoms with Gasteiger partial charge in [0.2, 0.25) is 0 Å². The summed E-state index contributed by atoms with van der Waals surface area (Å²) in [6.07, 6.45) is 0.183. The smallest absolute Gasteiger partial charge is 0.408 e. The maximum absolute atomic E-state index is 12.2. The van der Waals surface area contributed by atoms with E-state index in [1.165, 1.54) is 12.1 Å². The number of fused-ring (bicyclic) bond motifs is 1. The average molecular weight is 292 g/mol. The fourth-order valence-electron chi connectivity index (χ4n) is 2.49. The molecular formula is C13H12N2O4S. The molecule has 1 saturated carbocycles. The molecule has 7 heteroatoms. The number of benzene rings is 1. The summed E-state index contributed by atoms with van der Waals surface area (Å²) in [5.74, 6) is 0. The second-order valence-corrected chi connectivity index (χ2v) is 7.28. The third-order valence-corrected chi connectivity index (χ3v) is 5.98. The predicted molar refractivity (Wildman–Crippen MR) is 68.6 cm³/mol. The first-order chi connectivity index (χ1) is 9.45. The molecule has 1 amide bonds. The Balaban J connectivity index is 2.03. The van der Waals surface area contributed by atoms with Crippen LogP contribution in [0, 0.1) is 11.3 Å². The van der Waals surface area contributed by atoms with E-state index < -0.39 is 22.0 Å². The first kappa shape index (κ1) is 12.9. The van der Waals surface area contributed by atoms with Gasteiger partial charge in [-0.2, -0.15) is 5.26 Å². The van der Waals surface area contributed by atoms with Crippen molar-refractivity contribution >= 4 is 15.9 Å². The van der Waals surface area contributed by atoms with E-state index >= 15 is 0 Å². The Morgan fingerprint density at radius 1 is 1.40 bits per heavy atom. The Bertz CT molecular complexity index is 731. The summed E-state index contributed by atoms with van der Waals surface area (Å²) in [4.78, 5) is 12.3. The minimum absolute atomic E-state index is 0.0525. The van der Waals surface area contributed by atoms with Crippen LogP contribution in [0.3, 0.4) is 0 Å². The maximum atomic E-state index is 12.2. The van der Waals surface area contributed by atoms with Gasteiger partial charge in [0.05, 0.1) is 22.8 Å². The molecule has 1 aromatic carbocycles. The molecule has 1 unspecified atom stereocenters. The number of nitrogens with zero attached hydrogens (tertiary/aromatic N) is 2. The van der Waals surface area contributed by atoms with Crippen molar-refractivity contribution in [2.24, 2.45) is 0 Å². The molecule has 1 aliphatic heterocycles. The Morgan fingerprint density at radius 2 is 2.10 bits per heavy atom. The van der Waals surface area contributed by atoms with Gasteiger partial charge in [0, 0.05) is 0 Å². The second-order valence-electron chi connectivity index (χ2n) is 5.05. The highest BCUT2D eigenvalue weighted by atomic mass is 32.2. The van der Waals surface area contributed by atoms with E-state index in [0.717, 1.165) is 4.90 Å². The Labute approximate surface area is 116 Å². The van der Waals surface area contributed by atoms with Crippen LogP contribution in [0.25, 0.3) is 0 Å². The Hall–Kier alpha value is -2.07. The molecule has 1 atom stereocenters. The van der Waals surface area contributed by atoms with Crippen LogP contribution in [0.1, 0.15) is 30.0 Å². The molecule has 1 aromatic rings. The number of hydrogen-bond acceptors (Lipinski definition) is 4. The van der Waals surface area contributed by atoms with E-state index in [2.05, 4.69) is 0 Å². The van der Waals surface area contributed by atoms with Crippen LogP contribution < -0.4 is 0 Å². The second kappa shape index (κ2) is 4.21. The van der Waals surface area contributed by atoms with Crippen LogP contribution in [0.2, 0.25) is 0 Å². The molecule has 0 bridgehead atoms. The molecule has 20 heavy (non-hydrogen) atoms. The molecule has 0 aromatic heterocycles. The number of carbonyl (C=O) groups is 1. The molecule has 1 fully saturated rings. The number of hydrogen-bond donors (Lipinski definition) is 1. The van der Waals surface area contributed by atoms with E-state index in [1.54, 1.807) is 6.07 Å². The number of carboxylic acid groups (broad SMARTS) is 1. The Morgan fingerprint density at radius 3 is 2.65 bits per heavy atom. The first-order valence-electron chi connectivity index (χ1n) is 6.21. The summed E-state index contributed by atoms with van der Waals surface area (Å²) in [5, 5.41) is 17.9. The summed E-state index contributed by atoms with van der Waals surface area (Å²) in [6, 6.07) is 5.62. The SMILES string of the molecule is N#CC1c2ccc(S(=O)(=O)C3CC3)cc2CN1C(=O)O. The highest BCUT2D eigenvalue weighted by Crippen LogP contribution is 2.38. The van der Waals surface area contributed by atoms with Gasteiger partial charge in [-0.3, -0.25) is 4.90 Å². The predicted octanol–water partition coefficient (Wildman–Crippen LogP) is 1.68. The minimum Gasteiger partial charge on any atom is -0.465 e. The van der Waals surface area contributed by atoms with Gasteiger partial charge in [-0.1, -0.05) is 6.07 Å². The average Bonchev–Trinajstić information content (AvgIpc) is 3.19. The van der Waals surface area contributed by atoms with E-state index in [9.17, 15) is 13.2 Å². The summed E-state index contributed by atoms with van der Waals surface area (Å²) < 4.78 is 24.3. The normalized spacial score (nSPS) is 21.4. The van der Waals surface area contributed by atoms with Crippen molar-refractivity contribution in [2.75, 3.05) is 0 Å². The van der Waals surface area contributed by atoms with Gasteiger partial charge in [-0.15, -0.1) is 0 Å². The number of amides is 1. The van der Waals surface area contributed by atoms with Gasteiger partial charge in [0.25, 0.3) is 0 Å². The van der Waals surface area contributed by atoms with Gasteiger partial charge >= 0.3 is 6.09 Å². The topological polar surface area (TPSA) is 98.5 Å². The van der Waals surface area contributed by atoms with Crippen molar-refractivity contribution in [1.29, 1.82) is 5.26 Å². The highest BCUT2D eigenvalue weighted by molar-refractivity contribution is 7.92. The molecule has 0 radical (unpaired) electrons. The van der Waals surface area contributed by atoms with Crippen LogP contribution in [-0.2, 0) is 16.4 Å². The third kappa shape index (κ3) is 1.84. The lowest BCUT2D eigenvalue weighted by atomic mass is 10.1. The van der Waals surface area contributed by atoms with Crippen molar-refractivity contribution in [3.63, 3.8) is 0 Å². The largest absolute Gasteiger partial charge is 0.465 e. The van der Waals surface area contributed by atoms with Crippen LogP contribution in [0.5, 0.6) is 0 Å². The Kier molecular flexibility index (Phi) is 2.73. The van der Waals surface area contributed by atoms with Crippen molar-refractivity contribution in [3.05, 3.63) is 29.3 Å². The zero-order valence-electron chi connectivity index (χ0n) is 10.5. The van der Waals surface area contributed by atoms with Gasteiger partial charge in [0.1, 0.15) is 6.04 Å². The summed E-state index contributed by atoms with van der Waals surface area (Å²) >= 11 is 0. The number of nitriles is 1. The van der Waals surface area contributed by atoms with Crippen LogP contribution in [-0.4, -0.2) is 29.8 Å². The first-order valence-corrected chi connectivity index (χ1v) is 7.75. The molecule has 0 saturated heterocycles. The monoisotopic (exact) mass is 292 g/mol. The molecule has 2 aliphatic rings. The quantitative estimate of drug-likeness (QED) is 0.894. The molecule has 1 heterocycles. The zero-order valence-corrected chi connectivity index (χ0v) is 11.3. The van der Waals surface area contributed by atoms with Crippen molar-refractivity contribution in [3.8, 4) is 6.07 Å². The third-order valence-electron chi connectivity index (χ3n) is 3.72. The van der Waals surface area contributed by atoms with E-state index in [0.29, 0.717) is 24.0 Å². The maximum Gasteiger partial charge on any atom is 0.408 e. The molecule has 1 N–H and O–H groups in total. The van der Waals surface area contributed by atoms with E-state index in [4.69, 9.17) is 10.4 Å². The van der Waals surface area contributed by atoms with Crippen LogP contribution in [0.15, 0.2) is 23.1 Å². The molecule has 6 nitrogen and oxygen atoms in total. The van der Waals surface area contributed by atoms with Crippen LogP contribution in [0.4, 0.5) is 4.79 Å². The number of sulfone groups is 1. The fraction of sp³-hybridized carbons (Fsp3) is 0.385. The molecule has 3 rings (SSSR count). The lowest BCUT2D eigenvalue weighted by molar-refractivity contribution is 0.138.